The minimum atomic E-state index is -0.209. The second-order valence-electron chi connectivity index (χ2n) is 6.32. The third-order valence-corrected chi connectivity index (χ3v) is 4.62. The van der Waals surface area contributed by atoms with Gasteiger partial charge in [0.25, 0.3) is 0 Å². The number of fused-ring (bicyclic) bond motifs is 1. The minimum absolute atomic E-state index is 0.0737. The molecule has 3 heteroatoms. The molecule has 0 unspecified atom stereocenters. The Hall–Kier alpha value is -2.65. The van der Waals surface area contributed by atoms with Crippen molar-refractivity contribution in [3.05, 3.63) is 101 Å². The van der Waals surface area contributed by atoms with E-state index in [1.54, 1.807) is 0 Å². The maximum Gasteiger partial charge on any atom is 0.123 e. The lowest BCUT2D eigenvalue weighted by atomic mass is 9.89. The van der Waals surface area contributed by atoms with Crippen LogP contribution >= 0.6 is 0 Å². The molecular weight excluding hydrogens is 313 g/mol. The van der Waals surface area contributed by atoms with Crippen LogP contribution in [0.3, 0.4) is 0 Å². The summed E-state index contributed by atoms with van der Waals surface area (Å²) in [7, 11) is 0. The molecule has 25 heavy (non-hydrogen) atoms. The van der Waals surface area contributed by atoms with E-state index in [0.717, 1.165) is 29.8 Å². The van der Waals surface area contributed by atoms with Crippen LogP contribution in [0.25, 0.3) is 0 Å². The SMILES string of the molecule is Fc1ccc([C@@H]2NCCc3ccc(OCc4ccccc4)cc32)cc1. The fraction of sp³-hybridized carbons (Fsp3) is 0.182. The smallest absolute Gasteiger partial charge is 0.123 e. The van der Waals surface area contributed by atoms with Crippen molar-refractivity contribution in [3.8, 4) is 5.75 Å². The molecule has 3 aromatic rings. The summed E-state index contributed by atoms with van der Waals surface area (Å²) >= 11 is 0. The van der Waals surface area contributed by atoms with Crippen LogP contribution in [0.15, 0.2) is 72.8 Å². The first kappa shape index (κ1) is 15.9. The number of benzene rings is 3. The first-order valence-corrected chi connectivity index (χ1v) is 8.58. The zero-order chi connectivity index (χ0) is 17.1. The van der Waals surface area contributed by atoms with E-state index in [4.69, 9.17) is 4.74 Å². The molecule has 4 rings (SSSR count). The van der Waals surface area contributed by atoms with Crippen LogP contribution < -0.4 is 10.1 Å². The highest BCUT2D eigenvalue weighted by molar-refractivity contribution is 5.44. The monoisotopic (exact) mass is 333 g/mol. The third-order valence-electron chi connectivity index (χ3n) is 4.62. The van der Waals surface area contributed by atoms with Gasteiger partial charge in [0, 0.05) is 6.54 Å². The van der Waals surface area contributed by atoms with Gasteiger partial charge in [-0.05, 0) is 52.9 Å². The lowest BCUT2D eigenvalue weighted by Gasteiger charge is -2.28. The summed E-state index contributed by atoms with van der Waals surface area (Å²) in [6.45, 7) is 1.47. The Morgan fingerprint density at radius 2 is 1.76 bits per heavy atom. The van der Waals surface area contributed by atoms with Crippen molar-refractivity contribution in [2.45, 2.75) is 19.1 Å². The molecule has 0 aliphatic carbocycles. The number of rotatable bonds is 4. The molecular formula is C22H20FNO. The Balaban J connectivity index is 1.58. The average Bonchev–Trinajstić information content (AvgIpc) is 2.67. The van der Waals surface area contributed by atoms with Gasteiger partial charge in [0.15, 0.2) is 0 Å². The second kappa shape index (κ2) is 7.08. The Labute approximate surface area is 147 Å². The van der Waals surface area contributed by atoms with Gasteiger partial charge in [0.1, 0.15) is 18.2 Å². The molecule has 0 bridgehead atoms. The van der Waals surface area contributed by atoms with Gasteiger partial charge < -0.3 is 10.1 Å². The van der Waals surface area contributed by atoms with Crippen LogP contribution in [0.4, 0.5) is 4.39 Å². The van der Waals surface area contributed by atoms with Crippen LogP contribution in [-0.2, 0) is 13.0 Å². The van der Waals surface area contributed by atoms with Crippen molar-refractivity contribution in [3.63, 3.8) is 0 Å². The predicted molar refractivity (Wildman–Crippen MR) is 97.2 cm³/mol. The van der Waals surface area contributed by atoms with E-state index in [9.17, 15) is 4.39 Å². The fourth-order valence-electron chi connectivity index (χ4n) is 3.31. The van der Waals surface area contributed by atoms with Gasteiger partial charge in [-0.3, -0.25) is 0 Å². The molecule has 0 amide bonds. The van der Waals surface area contributed by atoms with Crippen LogP contribution in [0.1, 0.15) is 28.3 Å². The molecule has 0 saturated heterocycles. The van der Waals surface area contributed by atoms with E-state index in [1.807, 2.05) is 36.4 Å². The van der Waals surface area contributed by atoms with Crippen LogP contribution in [-0.4, -0.2) is 6.54 Å². The number of hydrogen-bond donors (Lipinski definition) is 1. The molecule has 1 heterocycles. The Bertz CT molecular complexity index is 846. The van der Waals surface area contributed by atoms with Crippen molar-refractivity contribution in [2.24, 2.45) is 0 Å². The Morgan fingerprint density at radius 1 is 0.960 bits per heavy atom. The van der Waals surface area contributed by atoms with E-state index >= 15 is 0 Å². The summed E-state index contributed by atoms with van der Waals surface area (Å²) in [5.74, 6) is 0.651. The largest absolute Gasteiger partial charge is 0.489 e. The molecule has 0 aromatic heterocycles. The molecule has 3 aromatic carbocycles. The number of ether oxygens (including phenoxy) is 1. The molecule has 0 fully saturated rings. The number of halogens is 1. The number of hydrogen-bond acceptors (Lipinski definition) is 2. The third kappa shape index (κ3) is 3.57. The van der Waals surface area contributed by atoms with Crippen LogP contribution in [0, 0.1) is 5.82 Å². The zero-order valence-corrected chi connectivity index (χ0v) is 13.9. The van der Waals surface area contributed by atoms with Crippen molar-refractivity contribution >= 4 is 0 Å². The highest BCUT2D eigenvalue weighted by atomic mass is 19.1. The highest BCUT2D eigenvalue weighted by Gasteiger charge is 2.22. The normalized spacial score (nSPS) is 16.3. The topological polar surface area (TPSA) is 21.3 Å². The molecule has 126 valence electrons. The van der Waals surface area contributed by atoms with E-state index in [2.05, 4.69) is 29.6 Å². The fourth-order valence-corrected chi connectivity index (χ4v) is 3.31. The molecule has 1 aliphatic heterocycles. The van der Waals surface area contributed by atoms with E-state index in [1.165, 1.54) is 23.3 Å². The zero-order valence-electron chi connectivity index (χ0n) is 13.9. The molecule has 1 aliphatic rings. The summed E-state index contributed by atoms with van der Waals surface area (Å²) in [4.78, 5) is 0. The van der Waals surface area contributed by atoms with Crippen LogP contribution in [0.5, 0.6) is 5.75 Å². The van der Waals surface area contributed by atoms with E-state index < -0.39 is 0 Å². The first-order valence-electron chi connectivity index (χ1n) is 8.58. The lowest BCUT2D eigenvalue weighted by Crippen LogP contribution is -2.30. The lowest BCUT2D eigenvalue weighted by molar-refractivity contribution is 0.305. The van der Waals surface area contributed by atoms with Crippen molar-refractivity contribution < 1.29 is 9.13 Å². The molecule has 0 spiro atoms. The van der Waals surface area contributed by atoms with Crippen molar-refractivity contribution in [1.29, 1.82) is 0 Å². The molecule has 1 atom stereocenters. The molecule has 0 saturated carbocycles. The van der Waals surface area contributed by atoms with Gasteiger partial charge in [-0.25, -0.2) is 4.39 Å². The van der Waals surface area contributed by atoms with Gasteiger partial charge in [-0.2, -0.15) is 0 Å². The van der Waals surface area contributed by atoms with Crippen LogP contribution in [0.2, 0.25) is 0 Å². The first-order chi connectivity index (χ1) is 12.3. The quantitative estimate of drug-likeness (QED) is 0.751. The molecule has 1 N–H and O–H groups in total. The van der Waals surface area contributed by atoms with Gasteiger partial charge >= 0.3 is 0 Å². The van der Waals surface area contributed by atoms with Gasteiger partial charge in [0.2, 0.25) is 0 Å². The predicted octanol–water partition coefficient (Wildman–Crippen LogP) is 4.64. The number of nitrogens with one attached hydrogen (secondary N) is 1. The maximum absolute atomic E-state index is 13.2. The summed E-state index contributed by atoms with van der Waals surface area (Å²) in [5.41, 5.74) is 4.75. The van der Waals surface area contributed by atoms with Gasteiger partial charge in [-0.15, -0.1) is 0 Å². The van der Waals surface area contributed by atoms with E-state index in [0.29, 0.717) is 6.61 Å². The Morgan fingerprint density at radius 3 is 2.56 bits per heavy atom. The summed E-state index contributed by atoms with van der Waals surface area (Å²) in [6.07, 6.45) is 0.992. The average molecular weight is 333 g/mol. The summed E-state index contributed by atoms with van der Waals surface area (Å²) in [5, 5.41) is 3.53. The van der Waals surface area contributed by atoms with Crippen molar-refractivity contribution in [2.75, 3.05) is 6.54 Å². The molecule has 2 nitrogen and oxygen atoms in total. The highest BCUT2D eigenvalue weighted by Crippen LogP contribution is 2.32. The van der Waals surface area contributed by atoms with E-state index in [-0.39, 0.29) is 11.9 Å². The van der Waals surface area contributed by atoms with Gasteiger partial charge in [-0.1, -0.05) is 48.5 Å². The minimum Gasteiger partial charge on any atom is -0.489 e. The Kier molecular flexibility index (Phi) is 4.49. The van der Waals surface area contributed by atoms with Crippen molar-refractivity contribution in [1.82, 2.24) is 5.32 Å². The standard InChI is InChI=1S/C22H20FNO/c23-19-9-6-18(7-10-19)22-21-14-20(11-8-17(21)12-13-24-22)25-15-16-4-2-1-3-5-16/h1-11,14,22,24H,12-13,15H2/t22-/m0/s1. The molecule has 0 radical (unpaired) electrons. The second-order valence-corrected chi connectivity index (χ2v) is 6.32. The summed E-state index contributed by atoms with van der Waals surface area (Å²) < 4.78 is 19.2. The van der Waals surface area contributed by atoms with Gasteiger partial charge in [0.05, 0.1) is 6.04 Å². The maximum atomic E-state index is 13.2. The summed E-state index contributed by atoms with van der Waals surface area (Å²) in [6, 6.07) is 23.2.